The molecule has 19 heavy (non-hydrogen) atoms. The summed E-state index contributed by atoms with van der Waals surface area (Å²) >= 11 is 3.65. The Morgan fingerprint density at radius 2 is 2.37 bits per heavy atom. The highest BCUT2D eigenvalue weighted by Gasteiger charge is 2.29. The van der Waals surface area contributed by atoms with Crippen LogP contribution in [0.5, 0.6) is 0 Å². The Balaban J connectivity index is 1.62. The third-order valence-corrected chi connectivity index (χ3v) is 5.73. The monoisotopic (exact) mass is 299 g/mol. The number of carbonyl (C=O) groups is 1. The summed E-state index contributed by atoms with van der Waals surface area (Å²) in [6.45, 7) is 5.66. The highest BCUT2D eigenvalue weighted by Crippen LogP contribution is 2.36. The molecule has 2 heterocycles. The first-order chi connectivity index (χ1) is 9.07. The molecule has 2 rings (SSSR count). The average Bonchev–Trinajstić information content (AvgIpc) is 2.97. The number of amides is 2. The number of nitrogens with one attached hydrogen (secondary N) is 2. The SMILES string of the molecule is Cc1cnc(CCNC(=O)NC[C@@]2(C)CCCS2)s1. The molecule has 1 fully saturated rings. The zero-order valence-electron chi connectivity index (χ0n) is 11.5. The molecule has 2 N–H and O–H groups in total. The normalized spacial score (nSPS) is 22.4. The Bertz CT molecular complexity index is 427. The van der Waals surface area contributed by atoms with Gasteiger partial charge in [0.25, 0.3) is 0 Å². The Labute approximate surface area is 122 Å². The minimum atomic E-state index is -0.0676. The standard InChI is InChI=1S/C13H21N3OS2/c1-10-8-15-11(19-10)4-6-14-12(17)16-9-13(2)5-3-7-18-13/h8H,3-7,9H2,1-2H3,(H2,14,16,17)/t13-/m1/s1. The van der Waals surface area contributed by atoms with E-state index in [2.05, 4.69) is 22.5 Å². The summed E-state index contributed by atoms with van der Waals surface area (Å²) in [6, 6.07) is -0.0676. The van der Waals surface area contributed by atoms with E-state index in [-0.39, 0.29) is 10.8 Å². The van der Waals surface area contributed by atoms with Crippen LogP contribution in [0.2, 0.25) is 0 Å². The van der Waals surface area contributed by atoms with Crippen LogP contribution >= 0.6 is 23.1 Å². The molecule has 0 saturated carbocycles. The van der Waals surface area contributed by atoms with Gasteiger partial charge in [-0.15, -0.1) is 11.3 Å². The first-order valence-electron chi connectivity index (χ1n) is 6.64. The molecule has 6 heteroatoms. The van der Waals surface area contributed by atoms with E-state index in [1.807, 2.05) is 24.9 Å². The summed E-state index contributed by atoms with van der Waals surface area (Å²) in [5.74, 6) is 1.21. The van der Waals surface area contributed by atoms with Crippen molar-refractivity contribution < 1.29 is 4.79 Å². The third-order valence-electron chi connectivity index (χ3n) is 3.22. The van der Waals surface area contributed by atoms with Crippen molar-refractivity contribution in [3.05, 3.63) is 16.1 Å². The number of rotatable bonds is 5. The molecule has 1 atom stereocenters. The molecule has 1 aliphatic rings. The number of hydrogen-bond donors (Lipinski definition) is 2. The van der Waals surface area contributed by atoms with Crippen LogP contribution in [0.3, 0.4) is 0 Å². The second-order valence-corrected chi connectivity index (χ2v) is 8.13. The van der Waals surface area contributed by atoms with Crippen LogP contribution in [-0.2, 0) is 6.42 Å². The summed E-state index contributed by atoms with van der Waals surface area (Å²) < 4.78 is 0.226. The van der Waals surface area contributed by atoms with Gasteiger partial charge < -0.3 is 10.6 Å². The fourth-order valence-corrected chi connectivity index (χ4v) is 4.14. The van der Waals surface area contributed by atoms with Crippen molar-refractivity contribution >= 4 is 29.1 Å². The molecular weight excluding hydrogens is 278 g/mol. The lowest BCUT2D eigenvalue weighted by atomic mass is 10.1. The average molecular weight is 299 g/mol. The van der Waals surface area contributed by atoms with Crippen LogP contribution < -0.4 is 10.6 Å². The number of hydrogen-bond acceptors (Lipinski definition) is 4. The zero-order chi connectivity index (χ0) is 13.7. The van der Waals surface area contributed by atoms with E-state index in [4.69, 9.17) is 0 Å². The van der Waals surface area contributed by atoms with E-state index in [0.29, 0.717) is 6.54 Å². The number of thiazole rings is 1. The lowest BCUT2D eigenvalue weighted by molar-refractivity contribution is 0.240. The fraction of sp³-hybridized carbons (Fsp3) is 0.692. The molecule has 0 aromatic carbocycles. The molecule has 106 valence electrons. The Morgan fingerprint density at radius 3 is 3.00 bits per heavy atom. The first kappa shape index (κ1) is 14.7. The highest BCUT2D eigenvalue weighted by atomic mass is 32.2. The van der Waals surface area contributed by atoms with Crippen molar-refractivity contribution in [3.63, 3.8) is 0 Å². The van der Waals surface area contributed by atoms with Crippen LogP contribution in [0, 0.1) is 6.92 Å². The predicted molar refractivity (Wildman–Crippen MR) is 82.1 cm³/mol. The minimum absolute atomic E-state index is 0.0676. The highest BCUT2D eigenvalue weighted by molar-refractivity contribution is 8.00. The minimum Gasteiger partial charge on any atom is -0.338 e. The summed E-state index contributed by atoms with van der Waals surface area (Å²) in [5.41, 5.74) is 0. The largest absolute Gasteiger partial charge is 0.338 e. The molecule has 4 nitrogen and oxygen atoms in total. The number of aryl methyl sites for hydroxylation is 1. The second kappa shape index (κ2) is 6.61. The number of carbonyl (C=O) groups excluding carboxylic acids is 1. The molecule has 0 spiro atoms. The van der Waals surface area contributed by atoms with Gasteiger partial charge in [0.2, 0.25) is 0 Å². The molecule has 1 aromatic heterocycles. The predicted octanol–water partition coefficient (Wildman–Crippen LogP) is 2.58. The number of aromatic nitrogens is 1. The van der Waals surface area contributed by atoms with Gasteiger partial charge in [-0.25, -0.2) is 9.78 Å². The van der Waals surface area contributed by atoms with Crippen molar-refractivity contribution in [2.24, 2.45) is 0 Å². The van der Waals surface area contributed by atoms with Crippen molar-refractivity contribution in [1.29, 1.82) is 0 Å². The lowest BCUT2D eigenvalue weighted by Gasteiger charge is -2.22. The number of nitrogens with zero attached hydrogens (tertiary/aromatic N) is 1. The Hall–Kier alpha value is -0.750. The molecule has 1 aliphatic heterocycles. The third kappa shape index (κ3) is 4.69. The van der Waals surface area contributed by atoms with Crippen LogP contribution in [-0.4, -0.2) is 34.6 Å². The van der Waals surface area contributed by atoms with Gasteiger partial charge in [-0.05, 0) is 32.4 Å². The Kier molecular flexibility index (Phi) is 5.10. The van der Waals surface area contributed by atoms with E-state index in [0.717, 1.165) is 18.0 Å². The quantitative estimate of drug-likeness (QED) is 0.878. The first-order valence-corrected chi connectivity index (χ1v) is 8.45. The van der Waals surface area contributed by atoms with E-state index in [9.17, 15) is 4.79 Å². The van der Waals surface area contributed by atoms with E-state index < -0.39 is 0 Å². The van der Waals surface area contributed by atoms with Crippen molar-refractivity contribution in [1.82, 2.24) is 15.6 Å². The Morgan fingerprint density at radius 1 is 1.53 bits per heavy atom. The van der Waals surface area contributed by atoms with Gasteiger partial charge in [0.05, 0.1) is 5.01 Å². The summed E-state index contributed by atoms with van der Waals surface area (Å²) in [7, 11) is 0. The van der Waals surface area contributed by atoms with E-state index >= 15 is 0 Å². The topological polar surface area (TPSA) is 54.0 Å². The van der Waals surface area contributed by atoms with Crippen LogP contribution in [0.4, 0.5) is 4.79 Å². The summed E-state index contributed by atoms with van der Waals surface area (Å²) in [6.07, 6.45) is 5.13. The summed E-state index contributed by atoms with van der Waals surface area (Å²) in [5, 5.41) is 6.94. The molecule has 0 unspecified atom stereocenters. The maximum Gasteiger partial charge on any atom is 0.314 e. The van der Waals surface area contributed by atoms with Gasteiger partial charge >= 0.3 is 6.03 Å². The van der Waals surface area contributed by atoms with Crippen molar-refractivity contribution in [2.45, 2.75) is 37.9 Å². The van der Waals surface area contributed by atoms with Gasteiger partial charge in [-0.2, -0.15) is 11.8 Å². The fourth-order valence-electron chi connectivity index (χ4n) is 2.11. The van der Waals surface area contributed by atoms with Gasteiger partial charge in [0.15, 0.2) is 0 Å². The maximum atomic E-state index is 11.7. The second-order valence-electron chi connectivity index (χ2n) is 5.13. The smallest absolute Gasteiger partial charge is 0.314 e. The van der Waals surface area contributed by atoms with Gasteiger partial charge in [0.1, 0.15) is 0 Å². The number of urea groups is 1. The number of thioether (sulfide) groups is 1. The molecule has 1 aromatic rings. The molecule has 1 saturated heterocycles. The van der Waals surface area contributed by atoms with Crippen LogP contribution in [0.1, 0.15) is 29.7 Å². The van der Waals surface area contributed by atoms with Gasteiger partial charge in [-0.3, -0.25) is 0 Å². The van der Waals surface area contributed by atoms with Crippen LogP contribution in [0.15, 0.2) is 6.20 Å². The van der Waals surface area contributed by atoms with Crippen molar-refractivity contribution in [2.75, 3.05) is 18.8 Å². The molecule has 2 amide bonds. The van der Waals surface area contributed by atoms with Crippen LogP contribution in [0.25, 0.3) is 0 Å². The summed E-state index contributed by atoms with van der Waals surface area (Å²) in [4.78, 5) is 17.2. The molecule has 0 bridgehead atoms. The van der Waals surface area contributed by atoms with Gasteiger partial charge in [0, 0.05) is 35.3 Å². The van der Waals surface area contributed by atoms with E-state index in [1.165, 1.54) is 23.5 Å². The van der Waals surface area contributed by atoms with Crippen molar-refractivity contribution in [3.8, 4) is 0 Å². The zero-order valence-corrected chi connectivity index (χ0v) is 13.1. The molecule has 0 aliphatic carbocycles. The van der Waals surface area contributed by atoms with Gasteiger partial charge in [-0.1, -0.05) is 0 Å². The lowest BCUT2D eigenvalue weighted by Crippen LogP contribution is -2.43. The maximum absolute atomic E-state index is 11.7. The molecule has 0 radical (unpaired) electrons. The van der Waals surface area contributed by atoms with E-state index in [1.54, 1.807) is 11.3 Å². The molecular formula is C13H21N3OS2.